The molecule has 1 rings (SSSR count). The van der Waals surface area contributed by atoms with Crippen LogP contribution in [0.5, 0.6) is 0 Å². The second-order valence-electron chi connectivity index (χ2n) is 4.73. The molecule has 0 radical (unpaired) electrons. The Morgan fingerprint density at radius 1 is 1.26 bits per heavy atom. The third-order valence-corrected chi connectivity index (χ3v) is 2.91. The Morgan fingerprint density at radius 2 is 1.95 bits per heavy atom. The van der Waals surface area contributed by atoms with E-state index < -0.39 is 6.10 Å². The van der Waals surface area contributed by atoms with Crippen LogP contribution in [0.3, 0.4) is 0 Å². The maximum Gasteiger partial charge on any atom is 0.221 e. The van der Waals surface area contributed by atoms with Gasteiger partial charge in [-0.3, -0.25) is 4.79 Å². The van der Waals surface area contributed by atoms with Crippen molar-refractivity contribution in [3.63, 3.8) is 0 Å². The van der Waals surface area contributed by atoms with E-state index in [0.29, 0.717) is 6.54 Å². The minimum absolute atomic E-state index is 0.0918. The van der Waals surface area contributed by atoms with E-state index in [0.717, 1.165) is 24.2 Å². The molecule has 0 spiro atoms. The standard InChI is InChI=1S/C15H24N2O2/c1-3-4-5-10-16-11-15(19)13-6-8-14(9-7-13)17-12(2)18/h6-9,15-16,19H,3-5,10-11H2,1-2H3,(H,17,18). The van der Waals surface area contributed by atoms with Crippen LogP contribution in [0.25, 0.3) is 0 Å². The molecule has 1 atom stereocenters. The van der Waals surface area contributed by atoms with Crippen LogP contribution in [-0.2, 0) is 4.79 Å². The summed E-state index contributed by atoms with van der Waals surface area (Å²) in [6.45, 7) is 5.15. The average Bonchev–Trinajstić information content (AvgIpc) is 2.38. The average molecular weight is 264 g/mol. The van der Waals surface area contributed by atoms with Crippen molar-refractivity contribution in [2.45, 2.75) is 39.2 Å². The zero-order valence-corrected chi connectivity index (χ0v) is 11.8. The van der Waals surface area contributed by atoms with E-state index in [1.165, 1.54) is 19.8 Å². The number of aliphatic hydroxyl groups is 1. The molecule has 4 heteroatoms. The zero-order valence-electron chi connectivity index (χ0n) is 11.8. The summed E-state index contributed by atoms with van der Waals surface area (Å²) < 4.78 is 0. The molecule has 0 saturated heterocycles. The summed E-state index contributed by atoms with van der Waals surface area (Å²) in [5, 5.41) is 15.9. The van der Waals surface area contributed by atoms with E-state index in [2.05, 4.69) is 17.6 Å². The van der Waals surface area contributed by atoms with Crippen molar-refractivity contribution in [3.8, 4) is 0 Å². The lowest BCUT2D eigenvalue weighted by Crippen LogP contribution is -2.22. The normalized spacial score (nSPS) is 12.2. The summed E-state index contributed by atoms with van der Waals surface area (Å²) in [7, 11) is 0. The van der Waals surface area contributed by atoms with E-state index in [1.807, 2.05) is 12.1 Å². The van der Waals surface area contributed by atoms with Crippen molar-refractivity contribution in [2.24, 2.45) is 0 Å². The maximum atomic E-state index is 10.9. The molecule has 0 bridgehead atoms. The van der Waals surface area contributed by atoms with Gasteiger partial charge in [0.2, 0.25) is 5.91 Å². The zero-order chi connectivity index (χ0) is 14.1. The fraction of sp³-hybridized carbons (Fsp3) is 0.533. The van der Waals surface area contributed by atoms with Crippen LogP contribution in [0, 0.1) is 0 Å². The molecule has 4 nitrogen and oxygen atoms in total. The van der Waals surface area contributed by atoms with Crippen molar-refractivity contribution in [1.82, 2.24) is 5.32 Å². The lowest BCUT2D eigenvalue weighted by molar-refractivity contribution is -0.114. The van der Waals surface area contributed by atoms with E-state index in [-0.39, 0.29) is 5.91 Å². The highest BCUT2D eigenvalue weighted by Crippen LogP contribution is 2.15. The van der Waals surface area contributed by atoms with Gasteiger partial charge in [0.05, 0.1) is 6.10 Å². The molecule has 0 saturated carbocycles. The third kappa shape index (κ3) is 6.36. The summed E-state index contributed by atoms with van der Waals surface area (Å²) in [5.74, 6) is -0.0918. The van der Waals surface area contributed by atoms with Crippen molar-refractivity contribution < 1.29 is 9.90 Å². The smallest absolute Gasteiger partial charge is 0.221 e. The summed E-state index contributed by atoms with van der Waals surface area (Å²) in [5.41, 5.74) is 1.61. The Morgan fingerprint density at radius 3 is 2.53 bits per heavy atom. The largest absolute Gasteiger partial charge is 0.387 e. The Balaban J connectivity index is 2.35. The van der Waals surface area contributed by atoms with Gasteiger partial charge in [-0.1, -0.05) is 31.9 Å². The van der Waals surface area contributed by atoms with Gasteiger partial charge in [0, 0.05) is 19.2 Å². The van der Waals surface area contributed by atoms with E-state index in [4.69, 9.17) is 0 Å². The summed E-state index contributed by atoms with van der Waals surface area (Å²) >= 11 is 0. The van der Waals surface area contributed by atoms with Crippen molar-refractivity contribution in [1.29, 1.82) is 0 Å². The predicted molar refractivity (Wildman–Crippen MR) is 78.1 cm³/mol. The summed E-state index contributed by atoms with van der Waals surface area (Å²) in [6.07, 6.45) is 3.06. The number of unbranched alkanes of at least 4 members (excludes halogenated alkanes) is 2. The molecule has 1 amide bonds. The first-order valence-corrected chi connectivity index (χ1v) is 6.89. The highest BCUT2D eigenvalue weighted by atomic mass is 16.3. The summed E-state index contributed by atoms with van der Waals surface area (Å²) in [4.78, 5) is 10.9. The number of benzene rings is 1. The molecule has 1 unspecified atom stereocenters. The number of carbonyl (C=O) groups is 1. The second-order valence-corrected chi connectivity index (χ2v) is 4.73. The molecule has 1 aromatic carbocycles. The molecule has 0 fully saturated rings. The Labute approximate surface area is 115 Å². The molecular weight excluding hydrogens is 240 g/mol. The maximum absolute atomic E-state index is 10.9. The minimum atomic E-state index is -0.506. The molecule has 0 aliphatic heterocycles. The number of hydrogen-bond acceptors (Lipinski definition) is 3. The van der Waals surface area contributed by atoms with Crippen molar-refractivity contribution in [2.75, 3.05) is 18.4 Å². The molecule has 3 N–H and O–H groups in total. The lowest BCUT2D eigenvalue weighted by Gasteiger charge is -2.13. The second kappa shape index (κ2) is 8.67. The SMILES string of the molecule is CCCCCNCC(O)c1ccc(NC(C)=O)cc1. The first kappa shape index (κ1) is 15.7. The molecule has 0 aromatic heterocycles. The van der Waals surface area contributed by atoms with Gasteiger partial charge < -0.3 is 15.7 Å². The number of carbonyl (C=O) groups excluding carboxylic acids is 1. The monoisotopic (exact) mass is 264 g/mol. The van der Waals surface area contributed by atoms with Gasteiger partial charge in [-0.25, -0.2) is 0 Å². The van der Waals surface area contributed by atoms with Crippen LogP contribution in [0.15, 0.2) is 24.3 Å². The molecule has 106 valence electrons. The number of anilines is 1. The van der Waals surface area contributed by atoms with E-state index in [9.17, 15) is 9.90 Å². The highest BCUT2D eigenvalue weighted by molar-refractivity contribution is 5.88. The number of aliphatic hydroxyl groups excluding tert-OH is 1. The third-order valence-electron chi connectivity index (χ3n) is 2.91. The first-order chi connectivity index (χ1) is 9.13. The van der Waals surface area contributed by atoms with E-state index >= 15 is 0 Å². The van der Waals surface area contributed by atoms with Crippen LogP contribution in [0.1, 0.15) is 44.8 Å². The minimum Gasteiger partial charge on any atom is -0.387 e. The van der Waals surface area contributed by atoms with Gasteiger partial charge in [0.15, 0.2) is 0 Å². The molecule has 0 aliphatic rings. The van der Waals surface area contributed by atoms with Crippen LogP contribution >= 0.6 is 0 Å². The predicted octanol–water partition coefficient (Wildman–Crippen LogP) is 2.46. The number of amides is 1. The van der Waals surface area contributed by atoms with Crippen molar-refractivity contribution >= 4 is 11.6 Å². The molecule has 0 aliphatic carbocycles. The van der Waals surface area contributed by atoms with Gasteiger partial charge in [-0.05, 0) is 30.7 Å². The van der Waals surface area contributed by atoms with Gasteiger partial charge in [0.25, 0.3) is 0 Å². The fourth-order valence-electron chi connectivity index (χ4n) is 1.85. The van der Waals surface area contributed by atoms with Gasteiger partial charge >= 0.3 is 0 Å². The Bertz CT molecular complexity index is 376. The topological polar surface area (TPSA) is 61.4 Å². The molecule has 0 heterocycles. The van der Waals surface area contributed by atoms with Crippen molar-refractivity contribution in [3.05, 3.63) is 29.8 Å². The molecule has 19 heavy (non-hydrogen) atoms. The van der Waals surface area contributed by atoms with Crippen LogP contribution in [0.2, 0.25) is 0 Å². The fourth-order valence-corrected chi connectivity index (χ4v) is 1.85. The Hall–Kier alpha value is -1.39. The van der Waals surface area contributed by atoms with Gasteiger partial charge in [0.1, 0.15) is 0 Å². The van der Waals surface area contributed by atoms with E-state index in [1.54, 1.807) is 12.1 Å². The van der Waals surface area contributed by atoms with Crippen LogP contribution in [-0.4, -0.2) is 24.1 Å². The highest BCUT2D eigenvalue weighted by Gasteiger charge is 2.06. The van der Waals surface area contributed by atoms with Crippen LogP contribution < -0.4 is 10.6 Å². The van der Waals surface area contributed by atoms with Gasteiger partial charge in [-0.2, -0.15) is 0 Å². The number of nitrogens with one attached hydrogen (secondary N) is 2. The van der Waals surface area contributed by atoms with Gasteiger partial charge in [-0.15, -0.1) is 0 Å². The van der Waals surface area contributed by atoms with Crippen LogP contribution in [0.4, 0.5) is 5.69 Å². The quantitative estimate of drug-likeness (QED) is 0.632. The summed E-state index contributed by atoms with van der Waals surface area (Å²) in [6, 6.07) is 7.28. The lowest BCUT2D eigenvalue weighted by atomic mass is 10.1. The molecular formula is C15H24N2O2. The molecule has 1 aromatic rings. The first-order valence-electron chi connectivity index (χ1n) is 6.89. The number of hydrogen-bond donors (Lipinski definition) is 3. The number of rotatable bonds is 8. The Kier molecular flexibility index (Phi) is 7.15.